The van der Waals surface area contributed by atoms with E-state index in [-0.39, 0.29) is 0 Å². The molecule has 0 spiro atoms. The Morgan fingerprint density at radius 3 is 2.06 bits per heavy atom. The number of unbranched alkanes of at least 4 members (excludes halogenated alkanes) is 6. The molecule has 0 amide bonds. The monoisotopic (exact) mass is 253 g/mol. The van der Waals surface area contributed by atoms with Crippen molar-refractivity contribution in [1.82, 2.24) is 0 Å². The van der Waals surface area contributed by atoms with Crippen LogP contribution in [0.1, 0.15) is 98.3 Å². The number of rotatable bonds is 13. The molecule has 1 radical (unpaired) electrons. The van der Waals surface area contributed by atoms with Gasteiger partial charge in [-0.15, -0.1) is 0 Å². The molecule has 0 rings (SSSR count). The summed E-state index contributed by atoms with van der Waals surface area (Å²) in [4.78, 5) is 0. The van der Waals surface area contributed by atoms with E-state index in [0.29, 0.717) is 0 Å². The fraction of sp³-hybridized carbons (Fsp3) is 0.944. The second kappa shape index (κ2) is 13.4. The molecule has 0 aliphatic heterocycles. The Hall–Kier alpha value is 0. The van der Waals surface area contributed by atoms with Crippen LogP contribution >= 0.6 is 0 Å². The van der Waals surface area contributed by atoms with Crippen molar-refractivity contribution in [2.24, 2.45) is 11.8 Å². The summed E-state index contributed by atoms with van der Waals surface area (Å²) in [5.41, 5.74) is 0. The SMILES string of the molecule is CCCCCC[CH]C(CC)CCCCCC(C)C. The van der Waals surface area contributed by atoms with Crippen LogP contribution in [-0.4, -0.2) is 0 Å². The lowest BCUT2D eigenvalue weighted by molar-refractivity contribution is 0.456. The fourth-order valence-corrected chi connectivity index (χ4v) is 2.55. The van der Waals surface area contributed by atoms with Crippen molar-refractivity contribution in [3.05, 3.63) is 6.42 Å². The molecule has 0 bridgehead atoms. The first-order valence-corrected chi connectivity index (χ1v) is 8.54. The summed E-state index contributed by atoms with van der Waals surface area (Å²) in [6.07, 6.45) is 18.1. The van der Waals surface area contributed by atoms with E-state index in [2.05, 4.69) is 34.1 Å². The summed E-state index contributed by atoms with van der Waals surface area (Å²) in [6.45, 7) is 9.30. The van der Waals surface area contributed by atoms with Gasteiger partial charge in [0.1, 0.15) is 0 Å². The lowest BCUT2D eigenvalue weighted by Crippen LogP contribution is -2.00. The largest absolute Gasteiger partial charge is 0.0654 e. The zero-order valence-corrected chi connectivity index (χ0v) is 13.5. The lowest BCUT2D eigenvalue weighted by Gasteiger charge is -2.14. The maximum atomic E-state index is 2.61. The van der Waals surface area contributed by atoms with Crippen LogP contribution < -0.4 is 0 Å². The van der Waals surface area contributed by atoms with Gasteiger partial charge in [-0.2, -0.15) is 0 Å². The molecule has 0 heterocycles. The van der Waals surface area contributed by atoms with Gasteiger partial charge in [-0.25, -0.2) is 0 Å². The van der Waals surface area contributed by atoms with Gasteiger partial charge in [-0.05, 0) is 24.7 Å². The average Bonchev–Trinajstić information content (AvgIpc) is 2.35. The van der Waals surface area contributed by atoms with Crippen molar-refractivity contribution in [2.75, 3.05) is 0 Å². The summed E-state index contributed by atoms with van der Waals surface area (Å²) in [5.74, 6) is 1.78. The van der Waals surface area contributed by atoms with Crippen molar-refractivity contribution in [2.45, 2.75) is 98.3 Å². The van der Waals surface area contributed by atoms with Crippen molar-refractivity contribution < 1.29 is 0 Å². The molecule has 0 aliphatic carbocycles. The van der Waals surface area contributed by atoms with Crippen LogP contribution in [0.25, 0.3) is 0 Å². The van der Waals surface area contributed by atoms with Gasteiger partial charge < -0.3 is 0 Å². The van der Waals surface area contributed by atoms with E-state index in [9.17, 15) is 0 Å². The summed E-state index contributed by atoms with van der Waals surface area (Å²) >= 11 is 0. The van der Waals surface area contributed by atoms with E-state index in [4.69, 9.17) is 0 Å². The summed E-state index contributed by atoms with van der Waals surface area (Å²) in [5, 5.41) is 0. The highest BCUT2D eigenvalue weighted by molar-refractivity contribution is 4.75. The molecule has 0 fully saturated rings. The van der Waals surface area contributed by atoms with Crippen LogP contribution in [-0.2, 0) is 0 Å². The van der Waals surface area contributed by atoms with Crippen LogP contribution in [0.4, 0.5) is 0 Å². The average molecular weight is 253 g/mol. The Bertz CT molecular complexity index is 148. The second-order valence-electron chi connectivity index (χ2n) is 6.29. The van der Waals surface area contributed by atoms with Crippen LogP contribution in [0.2, 0.25) is 0 Å². The Morgan fingerprint density at radius 1 is 0.778 bits per heavy atom. The van der Waals surface area contributed by atoms with E-state index in [1.807, 2.05) is 0 Å². The Morgan fingerprint density at radius 2 is 1.44 bits per heavy atom. The molecule has 0 heteroatoms. The highest BCUT2D eigenvalue weighted by atomic mass is 14.1. The first-order valence-electron chi connectivity index (χ1n) is 8.54. The van der Waals surface area contributed by atoms with Crippen molar-refractivity contribution in [3.63, 3.8) is 0 Å². The van der Waals surface area contributed by atoms with Gasteiger partial charge in [-0.3, -0.25) is 0 Å². The van der Waals surface area contributed by atoms with Crippen LogP contribution in [0, 0.1) is 18.3 Å². The van der Waals surface area contributed by atoms with Crippen molar-refractivity contribution >= 4 is 0 Å². The minimum absolute atomic E-state index is 0.886. The maximum absolute atomic E-state index is 2.61. The molecular formula is C18H37. The van der Waals surface area contributed by atoms with Gasteiger partial charge >= 0.3 is 0 Å². The summed E-state index contributed by atoms with van der Waals surface area (Å²) in [6, 6.07) is 0. The van der Waals surface area contributed by atoms with Gasteiger partial charge in [0.05, 0.1) is 0 Å². The fourth-order valence-electron chi connectivity index (χ4n) is 2.55. The third-order valence-corrected chi connectivity index (χ3v) is 3.94. The van der Waals surface area contributed by atoms with Crippen molar-refractivity contribution in [1.29, 1.82) is 0 Å². The van der Waals surface area contributed by atoms with E-state index in [1.54, 1.807) is 0 Å². The highest BCUT2D eigenvalue weighted by Crippen LogP contribution is 2.20. The van der Waals surface area contributed by atoms with Crippen LogP contribution in [0.5, 0.6) is 0 Å². The Labute approximate surface area is 117 Å². The van der Waals surface area contributed by atoms with E-state index < -0.39 is 0 Å². The minimum Gasteiger partial charge on any atom is -0.0654 e. The molecule has 0 saturated heterocycles. The van der Waals surface area contributed by atoms with Crippen molar-refractivity contribution in [3.8, 4) is 0 Å². The van der Waals surface area contributed by atoms with Gasteiger partial charge in [0, 0.05) is 0 Å². The smallest absolute Gasteiger partial charge is 0.0355 e. The first-order chi connectivity index (χ1) is 8.70. The molecule has 0 aliphatic rings. The third kappa shape index (κ3) is 12.5. The topological polar surface area (TPSA) is 0 Å². The molecule has 109 valence electrons. The zero-order valence-electron chi connectivity index (χ0n) is 13.5. The van der Waals surface area contributed by atoms with E-state index >= 15 is 0 Å². The first kappa shape index (κ1) is 18.0. The molecule has 18 heavy (non-hydrogen) atoms. The number of hydrogen-bond donors (Lipinski definition) is 0. The van der Waals surface area contributed by atoms with E-state index in [1.165, 1.54) is 70.6 Å². The summed E-state index contributed by atoms with van der Waals surface area (Å²) in [7, 11) is 0. The quantitative estimate of drug-likeness (QED) is 0.317. The normalized spacial score (nSPS) is 13.2. The predicted molar refractivity (Wildman–Crippen MR) is 84.8 cm³/mol. The standard InChI is InChI=1S/C18H37/c1-5-7-8-9-12-15-18(6-2)16-13-10-11-14-17(3)4/h15,17-18H,5-14,16H2,1-4H3. The molecule has 1 atom stereocenters. The van der Waals surface area contributed by atoms with Gasteiger partial charge in [0.2, 0.25) is 0 Å². The third-order valence-electron chi connectivity index (χ3n) is 3.94. The Kier molecular flexibility index (Phi) is 13.4. The molecular weight excluding hydrogens is 216 g/mol. The van der Waals surface area contributed by atoms with E-state index in [0.717, 1.165) is 11.8 Å². The second-order valence-corrected chi connectivity index (χ2v) is 6.29. The molecule has 0 aromatic carbocycles. The maximum Gasteiger partial charge on any atom is -0.0355 e. The lowest BCUT2D eigenvalue weighted by atomic mass is 9.92. The summed E-state index contributed by atoms with van der Waals surface area (Å²) < 4.78 is 0. The van der Waals surface area contributed by atoms with Gasteiger partial charge in [0.15, 0.2) is 0 Å². The molecule has 0 N–H and O–H groups in total. The minimum atomic E-state index is 0.886. The number of hydrogen-bond acceptors (Lipinski definition) is 0. The zero-order chi connectivity index (χ0) is 13.6. The van der Waals surface area contributed by atoms with Crippen LogP contribution in [0.15, 0.2) is 0 Å². The molecule has 1 unspecified atom stereocenters. The predicted octanol–water partition coefficient (Wildman–Crippen LogP) is 6.79. The Balaban J connectivity index is 3.35. The molecule has 0 saturated carbocycles. The van der Waals surface area contributed by atoms with Gasteiger partial charge in [-0.1, -0.05) is 91.9 Å². The highest BCUT2D eigenvalue weighted by Gasteiger charge is 2.06. The molecule has 0 aromatic rings. The molecule has 0 nitrogen and oxygen atoms in total. The van der Waals surface area contributed by atoms with Crippen LogP contribution in [0.3, 0.4) is 0 Å². The molecule has 0 aromatic heterocycles. The van der Waals surface area contributed by atoms with Gasteiger partial charge in [0.25, 0.3) is 0 Å².